The van der Waals surface area contributed by atoms with Crippen molar-refractivity contribution < 1.29 is 0 Å². The van der Waals surface area contributed by atoms with E-state index < -0.39 is 0 Å². The Kier molecular flexibility index (Phi) is 7.59. The van der Waals surface area contributed by atoms with Crippen LogP contribution in [0, 0.1) is 5.92 Å². The van der Waals surface area contributed by atoms with Gasteiger partial charge in [0.05, 0.1) is 0 Å². The van der Waals surface area contributed by atoms with Crippen LogP contribution in [0.1, 0.15) is 102 Å². The van der Waals surface area contributed by atoms with Gasteiger partial charge in [-0.15, -0.1) is 0 Å². The van der Waals surface area contributed by atoms with Crippen LogP contribution < -0.4 is 0 Å². The summed E-state index contributed by atoms with van der Waals surface area (Å²) in [5.74, 6) is 1.78. The highest BCUT2D eigenvalue weighted by Gasteiger charge is 2.21. The van der Waals surface area contributed by atoms with E-state index >= 15 is 0 Å². The summed E-state index contributed by atoms with van der Waals surface area (Å²) >= 11 is 0. The normalized spacial score (nSPS) is 20.5. The molecular formula is C26H38. The van der Waals surface area contributed by atoms with Crippen LogP contribution in [-0.2, 0) is 6.42 Å². The van der Waals surface area contributed by atoms with Gasteiger partial charge in [0.25, 0.3) is 0 Å². The minimum Gasteiger partial charge on any atom is -0.0654 e. The molecule has 0 aliphatic heterocycles. The van der Waals surface area contributed by atoms with E-state index in [1.165, 1.54) is 93.4 Å². The lowest BCUT2D eigenvalue weighted by atomic mass is 9.77. The molecule has 142 valence electrons. The van der Waals surface area contributed by atoms with E-state index in [1.54, 1.807) is 5.56 Å². The van der Waals surface area contributed by atoms with E-state index in [1.807, 2.05) is 0 Å². The van der Waals surface area contributed by atoms with Crippen LogP contribution in [0.3, 0.4) is 0 Å². The summed E-state index contributed by atoms with van der Waals surface area (Å²) in [5.41, 5.74) is 3.10. The van der Waals surface area contributed by atoms with Gasteiger partial charge in [-0.25, -0.2) is 0 Å². The number of hydrogen-bond donors (Lipinski definition) is 0. The monoisotopic (exact) mass is 350 g/mol. The topological polar surface area (TPSA) is 0 Å². The molecule has 0 atom stereocenters. The van der Waals surface area contributed by atoms with Crippen LogP contribution in [0.5, 0.6) is 0 Å². The molecule has 0 unspecified atom stereocenters. The van der Waals surface area contributed by atoms with E-state index in [-0.39, 0.29) is 0 Å². The molecule has 0 heteroatoms. The summed E-state index contributed by atoms with van der Waals surface area (Å²) in [4.78, 5) is 0. The molecule has 0 heterocycles. The lowest BCUT2D eigenvalue weighted by Crippen LogP contribution is -2.12. The van der Waals surface area contributed by atoms with E-state index in [0.29, 0.717) is 0 Å². The maximum absolute atomic E-state index is 2.47. The molecule has 1 fully saturated rings. The molecule has 1 aliphatic carbocycles. The van der Waals surface area contributed by atoms with Gasteiger partial charge in [-0.2, -0.15) is 0 Å². The largest absolute Gasteiger partial charge is 0.0654 e. The first kappa shape index (κ1) is 19.5. The molecule has 2 aromatic rings. The molecule has 2 aromatic carbocycles. The standard InChI is InChI=1S/C26H38/c1-3-5-6-7-8-9-10-22-13-16-26-20-25(18-17-24(26)19-22)23-14-11-21(4-2)12-15-23/h13,16-21,23H,3-12,14-15H2,1-2H3/t21-,23-. The molecule has 0 bridgehead atoms. The highest BCUT2D eigenvalue weighted by atomic mass is 14.3. The van der Waals surface area contributed by atoms with Crippen LogP contribution >= 0.6 is 0 Å². The summed E-state index contributed by atoms with van der Waals surface area (Å²) in [6, 6.07) is 14.4. The molecule has 0 spiro atoms. The van der Waals surface area contributed by atoms with Gasteiger partial charge >= 0.3 is 0 Å². The van der Waals surface area contributed by atoms with E-state index in [2.05, 4.69) is 50.2 Å². The van der Waals surface area contributed by atoms with Crippen LogP contribution in [0.25, 0.3) is 10.8 Å². The van der Waals surface area contributed by atoms with Crippen molar-refractivity contribution in [2.75, 3.05) is 0 Å². The molecule has 0 nitrogen and oxygen atoms in total. The average Bonchev–Trinajstić information content (AvgIpc) is 2.70. The number of rotatable bonds is 9. The van der Waals surface area contributed by atoms with Crippen molar-refractivity contribution in [2.45, 2.75) is 96.8 Å². The Labute approximate surface area is 161 Å². The zero-order valence-electron chi connectivity index (χ0n) is 17.1. The molecule has 1 aliphatic rings. The second-order valence-electron chi connectivity index (χ2n) is 8.58. The predicted octanol–water partition coefficient (Wildman–Crippen LogP) is 8.43. The van der Waals surface area contributed by atoms with Crippen molar-refractivity contribution in [3.05, 3.63) is 47.5 Å². The number of aryl methyl sites for hydroxylation is 1. The molecule has 0 saturated heterocycles. The first-order valence-electron chi connectivity index (χ1n) is 11.3. The van der Waals surface area contributed by atoms with Gasteiger partial charge in [0, 0.05) is 0 Å². The van der Waals surface area contributed by atoms with Crippen LogP contribution in [0.2, 0.25) is 0 Å². The molecule has 3 rings (SSSR count). The maximum Gasteiger partial charge on any atom is -0.0162 e. The Morgan fingerprint density at radius 3 is 2.19 bits per heavy atom. The molecule has 26 heavy (non-hydrogen) atoms. The average molecular weight is 351 g/mol. The summed E-state index contributed by atoms with van der Waals surface area (Å²) < 4.78 is 0. The Bertz CT molecular complexity index is 661. The van der Waals surface area contributed by atoms with Crippen molar-refractivity contribution in [1.82, 2.24) is 0 Å². The van der Waals surface area contributed by atoms with Gasteiger partial charge in [-0.3, -0.25) is 0 Å². The van der Waals surface area contributed by atoms with Gasteiger partial charge in [-0.1, -0.05) is 88.8 Å². The van der Waals surface area contributed by atoms with Crippen molar-refractivity contribution >= 4 is 10.8 Å². The van der Waals surface area contributed by atoms with Gasteiger partial charge in [0.2, 0.25) is 0 Å². The van der Waals surface area contributed by atoms with Crippen LogP contribution in [0.15, 0.2) is 36.4 Å². The molecule has 0 N–H and O–H groups in total. The molecular weight excluding hydrogens is 312 g/mol. The molecule has 0 radical (unpaired) electrons. The predicted molar refractivity (Wildman–Crippen MR) is 116 cm³/mol. The Morgan fingerprint density at radius 2 is 1.42 bits per heavy atom. The fourth-order valence-corrected chi connectivity index (χ4v) is 4.74. The lowest BCUT2D eigenvalue weighted by Gasteiger charge is -2.28. The first-order chi connectivity index (χ1) is 12.8. The number of fused-ring (bicyclic) bond motifs is 1. The van der Waals surface area contributed by atoms with Crippen molar-refractivity contribution in [3.63, 3.8) is 0 Å². The highest BCUT2D eigenvalue weighted by molar-refractivity contribution is 5.84. The van der Waals surface area contributed by atoms with E-state index in [9.17, 15) is 0 Å². The SMILES string of the molecule is CCCCCCCCc1ccc2cc([C@H]3CC[C@H](CC)CC3)ccc2c1. The quantitative estimate of drug-likeness (QED) is 0.398. The Balaban J connectivity index is 1.56. The third-order valence-corrected chi connectivity index (χ3v) is 6.64. The summed E-state index contributed by atoms with van der Waals surface area (Å²) in [7, 11) is 0. The Morgan fingerprint density at radius 1 is 0.731 bits per heavy atom. The lowest BCUT2D eigenvalue weighted by molar-refractivity contribution is 0.319. The van der Waals surface area contributed by atoms with Crippen molar-refractivity contribution in [1.29, 1.82) is 0 Å². The Hall–Kier alpha value is -1.30. The van der Waals surface area contributed by atoms with E-state index in [4.69, 9.17) is 0 Å². The van der Waals surface area contributed by atoms with Crippen LogP contribution in [0.4, 0.5) is 0 Å². The number of unbranched alkanes of at least 4 members (excludes halogenated alkanes) is 5. The highest BCUT2D eigenvalue weighted by Crippen LogP contribution is 2.37. The third-order valence-electron chi connectivity index (χ3n) is 6.64. The zero-order valence-corrected chi connectivity index (χ0v) is 17.1. The van der Waals surface area contributed by atoms with E-state index in [0.717, 1.165) is 11.8 Å². The second-order valence-corrected chi connectivity index (χ2v) is 8.58. The van der Waals surface area contributed by atoms with Crippen molar-refractivity contribution in [3.8, 4) is 0 Å². The molecule has 1 saturated carbocycles. The molecule has 0 amide bonds. The minimum atomic E-state index is 0.796. The molecule has 0 aromatic heterocycles. The smallest absolute Gasteiger partial charge is 0.0162 e. The maximum atomic E-state index is 2.47. The zero-order chi connectivity index (χ0) is 18.2. The van der Waals surface area contributed by atoms with Crippen LogP contribution in [-0.4, -0.2) is 0 Å². The summed E-state index contributed by atoms with van der Waals surface area (Å²) in [6.07, 6.45) is 16.5. The fourth-order valence-electron chi connectivity index (χ4n) is 4.74. The third kappa shape index (κ3) is 5.35. The van der Waals surface area contributed by atoms with Gasteiger partial charge in [0.1, 0.15) is 0 Å². The van der Waals surface area contributed by atoms with Gasteiger partial charge in [0.15, 0.2) is 0 Å². The van der Waals surface area contributed by atoms with Gasteiger partial charge in [-0.05, 0) is 72.3 Å². The summed E-state index contributed by atoms with van der Waals surface area (Å²) in [6.45, 7) is 4.64. The van der Waals surface area contributed by atoms with Gasteiger partial charge < -0.3 is 0 Å². The number of hydrogen-bond acceptors (Lipinski definition) is 0. The summed E-state index contributed by atoms with van der Waals surface area (Å²) in [5, 5.41) is 2.87. The van der Waals surface area contributed by atoms with Crippen molar-refractivity contribution in [2.24, 2.45) is 5.92 Å². The number of benzene rings is 2. The first-order valence-corrected chi connectivity index (χ1v) is 11.3. The second kappa shape index (κ2) is 10.1. The minimum absolute atomic E-state index is 0.796. The fraction of sp³-hybridized carbons (Fsp3) is 0.615.